The van der Waals surface area contributed by atoms with Crippen molar-refractivity contribution in [1.29, 1.82) is 5.26 Å². The van der Waals surface area contributed by atoms with Crippen LogP contribution in [-0.2, 0) is 4.74 Å². The molecule has 0 unspecified atom stereocenters. The van der Waals surface area contributed by atoms with Gasteiger partial charge >= 0.3 is 0 Å². The topological polar surface area (TPSA) is 45.0 Å². The van der Waals surface area contributed by atoms with Crippen LogP contribution in [0.3, 0.4) is 0 Å². The van der Waals surface area contributed by atoms with E-state index in [-0.39, 0.29) is 0 Å². The van der Waals surface area contributed by atoms with Crippen molar-refractivity contribution in [1.82, 2.24) is 0 Å². The number of hydrogen-bond donors (Lipinski definition) is 1. The summed E-state index contributed by atoms with van der Waals surface area (Å²) in [6, 6.07) is 8.13. The summed E-state index contributed by atoms with van der Waals surface area (Å²) in [6.07, 6.45) is 3.07. The predicted molar refractivity (Wildman–Crippen MR) is 81.7 cm³/mol. The Bertz CT molecular complexity index is 427. The minimum absolute atomic E-state index is 0.668. The van der Waals surface area contributed by atoms with Gasteiger partial charge in [-0.2, -0.15) is 5.26 Å². The molecular weight excluding hydrogens is 256 g/mol. The molecule has 4 heteroatoms. The van der Waals surface area contributed by atoms with E-state index in [0.717, 1.165) is 35.7 Å². The van der Waals surface area contributed by atoms with E-state index in [9.17, 15) is 5.26 Å². The molecule has 19 heavy (non-hydrogen) atoms. The normalized spacial score (nSPS) is 10.5. The monoisotopic (exact) mass is 278 g/mol. The predicted octanol–water partition coefficient (Wildman–Crippen LogP) is 3.75. The zero-order chi connectivity index (χ0) is 14.1. The number of anilines is 1. The fraction of sp³-hybridized carbons (Fsp3) is 0.533. The maximum atomic E-state index is 9.20. The molecule has 1 rings (SSSR count). The summed E-state index contributed by atoms with van der Waals surface area (Å²) >= 11 is 1.59. The summed E-state index contributed by atoms with van der Waals surface area (Å²) in [7, 11) is 0. The standard InChI is InChI=1S/C15H22N2OS/c1-12(2)7-9-18-10-8-17-14-5-4-6-15(19-3)13(14)11-16/h4-6,12,17H,7-10H2,1-3H3. The molecular formula is C15H22N2OS. The van der Waals surface area contributed by atoms with Crippen molar-refractivity contribution in [3.05, 3.63) is 23.8 Å². The molecule has 0 aliphatic carbocycles. The van der Waals surface area contributed by atoms with Gasteiger partial charge in [0.2, 0.25) is 0 Å². The van der Waals surface area contributed by atoms with E-state index in [0.29, 0.717) is 12.5 Å². The number of benzene rings is 1. The maximum absolute atomic E-state index is 9.20. The molecule has 0 aliphatic rings. The van der Waals surface area contributed by atoms with Gasteiger partial charge in [-0.05, 0) is 30.7 Å². The Morgan fingerprint density at radius 3 is 2.79 bits per heavy atom. The molecule has 0 spiro atoms. The quantitative estimate of drug-likeness (QED) is 0.581. The molecule has 1 aromatic rings. The number of rotatable bonds is 8. The van der Waals surface area contributed by atoms with Gasteiger partial charge in [-0.1, -0.05) is 19.9 Å². The molecule has 0 aliphatic heterocycles. The zero-order valence-corrected chi connectivity index (χ0v) is 12.7. The third kappa shape index (κ3) is 5.54. The van der Waals surface area contributed by atoms with Gasteiger partial charge in [0.1, 0.15) is 6.07 Å². The summed E-state index contributed by atoms with van der Waals surface area (Å²) in [5.41, 5.74) is 1.61. The Morgan fingerprint density at radius 1 is 1.37 bits per heavy atom. The van der Waals surface area contributed by atoms with Crippen molar-refractivity contribution in [2.24, 2.45) is 5.92 Å². The lowest BCUT2D eigenvalue weighted by Crippen LogP contribution is -2.11. The molecule has 0 heterocycles. The lowest BCUT2D eigenvalue weighted by Gasteiger charge is -2.11. The van der Waals surface area contributed by atoms with Crippen LogP contribution in [-0.4, -0.2) is 26.0 Å². The highest BCUT2D eigenvalue weighted by Crippen LogP contribution is 2.25. The van der Waals surface area contributed by atoms with Crippen molar-refractivity contribution in [3.63, 3.8) is 0 Å². The largest absolute Gasteiger partial charge is 0.382 e. The molecule has 0 radical (unpaired) electrons. The van der Waals surface area contributed by atoms with Crippen LogP contribution in [0.25, 0.3) is 0 Å². The fourth-order valence-electron chi connectivity index (χ4n) is 1.64. The average molecular weight is 278 g/mol. The van der Waals surface area contributed by atoms with Gasteiger partial charge in [-0.15, -0.1) is 11.8 Å². The second-order valence-electron chi connectivity index (χ2n) is 4.72. The van der Waals surface area contributed by atoms with E-state index in [4.69, 9.17) is 4.74 Å². The van der Waals surface area contributed by atoms with E-state index in [1.54, 1.807) is 11.8 Å². The minimum atomic E-state index is 0.668. The van der Waals surface area contributed by atoms with E-state index in [2.05, 4.69) is 25.2 Å². The van der Waals surface area contributed by atoms with Crippen LogP contribution >= 0.6 is 11.8 Å². The summed E-state index contributed by atoms with van der Waals surface area (Å²) in [4.78, 5) is 1.01. The Hall–Kier alpha value is -1.18. The summed E-state index contributed by atoms with van der Waals surface area (Å²) in [6.45, 7) is 6.57. The molecule has 3 nitrogen and oxygen atoms in total. The first-order valence-corrected chi connectivity index (χ1v) is 7.80. The average Bonchev–Trinajstić information content (AvgIpc) is 2.41. The van der Waals surface area contributed by atoms with E-state index < -0.39 is 0 Å². The molecule has 0 aromatic heterocycles. The van der Waals surface area contributed by atoms with Gasteiger partial charge in [-0.25, -0.2) is 0 Å². The van der Waals surface area contributed by atoms with Crippen molar-refractivity contribution >= 4 is 17.4 Å². The van der Waals surface area contributed by atoms with Crippen LogP contribution in [0.1, 0.15) is 25.8 Å². The number of ether oxygens (including phenoxy) is 1. The third-order valence-electron chi connectivity index (χ3n) is 2.76. The minimum Gasteiger partial charge on any atom is -0.382 e. The van der Waals surface area contributed by atoms with Gasteiger partial charge in [0.25, 0.3) is 0 Å². The summed E-state index contributed by atoms with van der Waals surface area (Å²) in [5, 5.41) is 12.5. The highest BCUT2D eigenvalue weighted by molar-refractivity contribution is 7.98. The lowest BCUT2D eigenvalue weighted by molar-refractivity contribution is 0.132. The van der Waals surface area contributed by atoms with Crippen molar-refractivity contribution < 1.29 is 4.74 Å². The SMILES string of the molecule is CSc1cccc(NCCOCCC(C)C)c1C#N. The van der Waals surface area contributed by atoms with Gasteiger partial charge < -0.3 is 10.1 Å². The molecule has 1 aromatic carbocycles. The van der Waals surface area contributed by atoms with E-state index >= 15 is 0 Å². The van der Waals surface area contributed by atoms with Crippen LogP contribution in [0.15, 0.2) is 23.1 Å². The Morgan fingerprint density at radius 2 is 2.16 bits per heavy atom. The molecule has 0 amide bonds. The molecule has 0 bridgehead atoms. The third-order valence-corrected chi connectivity index (χ3v) is 3.54. The lowest BCUT2D eigenvalue weighted by atomic mass is 10.1. The van der Waals surface area contributed by atoms with Crippen molar-refractivity contribution in [3.8, 4) is 6.07 Å². The molecule has 1 N–H and O–H groups in total. The van der Waals surface area contributed by atoms with Crippen molar-refractivity contribution in [2.75, 3.05) is 31.3 Å². The number of hydrogen-bond acceptors (Lipinski definition) is 4. The molecule has 0 saturated heterocycles. The second-order valence-corrected chi connectivity index (χ2v) is 5.56. The molecule has 0 atom stereocenters. The number of thioether (sulfide) groups is 1. The number of nitrogens with one attached hydrogen (secondary N) is 1. The highest BCUT2D eigenvalue weighted by atomic mass is 32.2. The fourth-order valence-corrected chi connectivity index (χ4v) is 2.22. The second kappa shape index (κ2) is 8.84. The van der Waals surface area contributed by atoms with Crippen LogP contribution in [0.5, 0.6) is 0 Å². The Balaban J connectivity index is 2.39. The zero-order valence-electron chi connectivity index (χ0n) is 11.9. The van der Waals surface area contributed by atoms with Crippen LogP contribution in [0.2, 0.25) is 0 Å². The summed E-state index contributed by atoms with van der Waals surface area (Å²) in [5.74, 6) is 0.677. The first kappa shape index (κ1) is 15.9. The van der Waals surface area contributed by atoms with Gasteiger partial charge in [0.15, 0.2) is 0 Å². The van der Waals surface area contributed by atoms with Crippen LogP contribution in [0, 0.1) is 17.2 Å². The smallest absolute Gasteiger partial charge is 0.102 e. The van der Waals surface area contributed by atoms with Gasteiger partial charge in [-0.3, -0.25) is 0 Å². The molecule has 0 fully saturated rings. The van der Waals surface area contributed by atoms with Gasteiger partial charge in [0, 0.05) is 18.0 Å². The molecule has 104 valence electrons. The summed E-state index contributed by atoms with van der Waals surface area (Å²) < 4.78 is 5.55. The molecule has 0 saturated carbocycles. The highest BCUT2D eigenvalue weighted by Gasteiger charge is 2.06. The van der Waals surface area contributed by atoms with Gasteiger partial charge in [0.05, 0.1) is 17.9 Å². The maximum Gasteiger partial charge on any atom is 0.102 e. The van der Waals surface area contributed by atoms with E-state index in [1.165, 1.54) is 0 Å². The van der Waals surface area contributed by atoms with Crippen LogP contribution < -0.4 is 5.32 Å². The van der Waals surface area contributed by atoms with E-state index in [1.807, 2.05) is 24.5 Å². The first-order chi connectivity index (χ1) is 9.19. The van der Waals surface area contributed by atoms with Crippen LogP contribution in [0.4, 0.5) is 5.69 Å². The van der Waals surface area contributed by atoms with Crippen molar-refractivity contribution in [2.45, 2.75) is 25.2 Å². The first-order valence-electron chi connectivity index (χ1n) is 6.57. The Kier molecular flexibility index (Phi) is 7.39. The Labute approximate surface area is 120 Å². The number of nitriles is 1. The number of nitrogens with zero attached hydrogens (tertiary/aromatic N) is 1.